The van der Waals surface area contributed by atoms with Crippen LogP contribution in [-0.4, -0.2) is 11.7 Å². The second-order valence-electron chi connectivity index (χ2n) is 4.75. The number of aryl methyl sites for hydroxylation is 2. The first kappa shape index (κ1) is 9.72. The van der Waals surface area contributed by atoms with Crippen LogP contribution in [0.4, 0.5) is 0 Å². The number of hydrogen-bond acceptors (Lipinski definition) is 1. The third-order valence-electron chi connectivity index (χ3n) is 3.44. The van der Waals surface area contributed by atoms with Crippen molar-refractivity contribution in [2.24, 2.45) is 5.41 Å². The molecule has 14 heavy (non-hydrogen) atoms. The van der Waals surface area contributed by atoms with Crippen molar-refractivity contribution in [1.82, 2.24) is 0 Å². The number of aliphatic hydroxyl groups excluding tert-OH is 1. The molecule has 0 saturated heterocycles. The van der Waals surface area contributed by atoms with Crippen LogP contribution in [0.1, 0.15) is 29.5 Å². The summed E-state index contributed by atoms with van der Waals surface area (Å²) in [5, 5.41) is 9.24. The molecule has 0 bridgehead atoms. The van der Waals surface area contributed by atoms with Crippen molar-refractivity contribution >= 4 is 0 Å². The average molecular weight is 190 g/mol. The zero-order valence-electron chi connectivity index (χ0n) is 9.01. The molecule has 1 aliphatic carbocycles. The van der Waals surface area contributed by atoms with E-state index in [0.29, 0.717) is 6.61 Å². The van der Waals surface area contributed by atoms with Crippen LogP contribution in [0.5, 0.6) is 0 Å². The van der Waals surface area contributed by atoms with Crippen LogP contribution in [0.2, 0.25) is 0 Å². The van der Waals surface area contributed by atoms with E-state index in [1.165, 1.54) is 29.5 Å². The van der Waals surface area contributed by atoms with E-state index in [4.69, 9.17) is 0 Å². The Labute approximate surface area is 85.8 Å². The van der Waals surface area contributed by atoms with Gasteiger partial charge >= 0.3 is 0 Å². The summed E-state index contributed by atoms with van der Waals surface area (Å²) in [4.78, 5) is 0. The maximum atomic E-state index is 9.24. The van der Waals surface area contributed by atoms with Gasteiger partial charge in [0.2, 0.25) is 0 Å². The third-order valence-corrected chi connectivity index (χ3v) is 3.44. The van der Waals surface area contributed by atoms with Gasteiger partial charge in [-0.05, 0) is 55.2 Å². The summed E-state index contributed by atoms with van der Waals surface area (Å²) in [6.45, 7) is 4.63. The second kappa shape index (κ2) is 3.39. The van der Waals surface area contributed by atoms with E-state index >= 15 is 0 Å². The molecule has 0 spiro atoms. The summed E-state index contributed by atoms with van der Waals surface area (Å²) in [5.41, 5.74) is 4.32. The van der Waals surface area contributed by atoms with E-state index in [0.717, 1.165) is 6.42 Å². The average Bonchev–Trinajstić information content (AvgIpc) is 2.93. The van der Waals surface area contributed by atoms with Crippen LogP contribution in [0, 0.1) is 19.3 Å². The smallest absolute Gasteiger partial charge is 0.0490 e. The lowest BCUT2D eigenvalue weighted by molar-refractivity contribution is 0.211. The van der Waals surface area contributed by atoms with Gasteiger partial charge in [0.05, 0.1) is 0 Å². The van der Waals surface area contributed by atoms with E-state index < -0.39 is 0 Å². The number of aliphatic hydroxyl groups is 1. The van der Waals surface area contributed by atoms with Crippen molar-refractivity contribution < 1.29 is 5.11 Å². The Balaban J connectivity index is 2.14. The van der Waals surface area contributed by atoms with Crippen molar-refractivity contribution in [2.75, 3.05) is 6.61 Å². The van der Waals surface area contributed by atoms with Gasteiger partial charge < -0.3 is 5.11 Å². The summed E-state index contributed by atoms with van der Waals surface area (Å²) < 4.78 is 0. The molecular formula is C13H18O. The minimum atomic E-state index is 0.238. The van der Waals surface area contributed by atoms with Crippen LogP contribution in [-0.2, 0) is 6.42 Å². The van der Waals surface area contributed by atoms with Crippen LogP contribution in [0.25, 0.3) is 0 Å². The molecule has 0 heterocycles. The van der Waals surface area contributed by atoms with E-state index in [1.807, 2.05) is 0 Å². The first-order chi connectivity index (χ1) is 6.65. The Morgan fingerprint density at radius 3 is 2.43 bits per heavy atom. The van der Waals surface area contributed by atoms with Gasteiger partial charge in [0.1, 0.15) is 0 Å². The maximum absolute atomic E-state index is 9.24. The standard InChI is InChI=1S/C13H18O/c1-10-3-4-12(7-11(10)2)8-13(9-14)5-6-13/h3-4,7,14H,5-6,8-9H2,1-2H3. The second-order valence-corrected chi connectivity index (χ2v) is 4.75. The lowest BCUT2D eigenvalue weighted by Gasteiger charge is -2.12. The Hall–Kier alpha value is -0.820. The first-order valence-electron chi connectivity index (χ1n) is 5.32. The molecule has 0 amide bonds. The van der Waals surface area contributed by atoms with Crippen LogP contribution in [0.15, 0.2) is 18.2 Å². The van der Waals surface area contributed by atoms with E-state index in [9.17, 15) is 5.11 Å². The van der Waals surface area contributed by atoms with Crippen LogP contribution in [0.3, 0.4) is 0 Å². The number of hydrogen-bond donors (Lipinski definition) is 1. The Kier molecular flexibility index (Phi) is 2.36. The van der Waals surface area contributed by atoms with Gasteiger partial charge in [-0.3, -0.25) is 0 Å². The normalized spacial score (nSPS) is 18.2. The number of benzene rings is 1. The molecule has 1 aromatic carbocycles. The fourth-order valence-corrected chi connectivity index (χ4v) is 1.91. The topological polar surface area (TPSA) is 20.2 Å². The molecular weight excluding hydrogens is 172 g/mol. The zero-order chi connectivity index (χ0) is 10.2. The molecule has 0 aliphatic heterocycles. The minimum absolute atomic E-state index is 0.238. The van der Waals surface area contributed by atoms with Gasteiger partial charge in [-0.15, -0.1) is 0 Å². The fourth-order valence-electron chi connectivity index (χ4n) is 1.91. The summed E-state index contributed by atoms with van der Waals surface area (Å²) in [7, 11) is 0. The Morgan fingerprint density at radius 1 is 1.21 bits per heavy atom. The highest BCUT2D eigenvalue weighted by Gasteiger charge is 2.41. The van der Waals surface area contributed by atoms with Gasteiger partial charge in [-0.2, -0.15) is 0 Å². The van der Waals surface area contributed by atoms with Crippen molar-refractivity contribution in [3.05, 3.63) is 34.9 Å². The zero-order valence-corrected chi connectivity index (χ0v) is 9.01. The van der Waals surface area contributed by atoms with Crippen LogP contribution < -0.4 is 0 Å². The molecule has 2 rings (SSSR count). The molecule has 1 aliphatic rings. The van der Waals surface area contributed by atoms with Gasteiger partial charge in [0, 0.05) is 6.61 Å². The van der Waals surface area contributed by atoms with E-state index in [-0.39, 0.29) is 5.41 Å². The number of rotatable bonds is 3. The largest absolute Gasteiger partial charge is 0.396 e. The highest BCUT2D eigenvalue weighted by Crippen LogP contribution is 2.47. The van der Waals surface area contributed by atoms with Gasteiger partial charge in [0.25, 0.3) is 0 Å². The molecule has 0 aromatic heterocycles. The highest BCUT2D eigenvalue weighted by atomic mass is 16.3. The Morgan fingerprint density at radius 2 is 1.93 bits per heavy atom. The molecule has 0 radical (unpaired) electrons. The molecule has 1 saturated carbocycles. The van der Waals surface area contributed by atoms with Crippen molar-refractivity contribution in [3.63, 3.8) is 0 Å². The maximum Gasteiger partial charge on any atom is 0.0490 e. The molecule has 1 fully saturated rings. The quantitative estimate of drug-likeness (QED) is 0.776. The van der Waals surface area contributed by atoms with E-state index in [2.05, 4.69) is 32.0 Å². The lowest BCUT2D eigenvalue weighted by atomic mass is 9.95. The monoisotopic (exact) mass is 190 g/mol. The molecule has 0 unspecified atom stereocenters. The molecule has 1 heteroatoms. The van der Waals surface area contributed by atoms with Crippen molar-refractivity contribution in [3.8, 4) is 0 Å². The van der Waals surface area contributed by atoms with Crippen molar-refractivity contribution in [1.29, 1.82) is 0 Å². The van der Waals surface area contributed by atoms with Crippen molar-refractivity contribution in [2.45, 2.75) is 33.1 Å². The first-order valence-corrected chi connectivity index (χ1v) is 5.32. The third kappa shape index (κ3) is 1.83. The molecule has 1 aromatic rings. The van der Waals surface area contributed by atoms with Gasteiger partial charge in [-0.25, -0.2) is 0 Å². The van der Waals surface area contributed by atoms with Crippen LogP contribution >= 0.6 is 0 Å². The summed E-state index contributed by atoms with van der Waals surface area (Å²) in [5.74, 6) is 0. The summed E-state index contributed by atoms with van der Waals surface area (Å²) in [6.07, 6.45) is 3.43. The predicted octanol–water partition coefficient (Wildman–Crippen LogP) is 2.62. The molecule has 0 atom stereocenters. The SMILES string of the molecule is Cc1ccc(CC2(CO)CC2)cc1C. The predicted molar refractivity (Wildman–Crippen MR) is 58.4 cm³/mol. The molecule has 1 nitrogen and oxygen atoms in total. The fraction of sp³-hybridized carbons (Fsp3) is 0.538. The highest BCUT2D eigenvalue weighted by molar-refractivity contribution is 5.31. The summed E-state index contributed by atoms with van der Waals surface area (Å²) >= 11 is 0. The minimum Gasteiger partial charge on any atom is -0.396 e. The van der Waals surface area contributed by atoms with E-state index in [1.54, 1.807) is 0 Å². The van der Waals surface area contributed by atoms with Gasteiger partial charge in [0.15, 0.2) is 0 Å². The van der Waals surface area contributed by atoms with Gasteiger partial charge in [-0.1, -0.05) is 18.2 Å². The molecule has 76 valence electrons. The molecule has 1 N–H and O–H groups in total. The Bertz CT molecular complexity index is 337. The lowest BCUT2D eigenvalue weighted by Crippen LogP contribution is -2.10. The summed E-state index contributed by atoms with van der Waals surface area (Å²) in [6, 6.07) is 6.63.